The van der Waals surface area contributed by atoms with Crippen LogP contribution in [0, 0.1) is 5.92 Å². The van der Waals surface area contributed by atoms with Gasteiger partial charge in [-0.3, -0.25) is 24.6 Å². The van der Waals surface area contributed by atoms with Crippen molar-refractivity contribution >= 4 is 11.9 Å². The molecule has 0 N–H and O–H groups in total. The summed E-state index contributed by atoms with van der Waals surface area (Å²) in [5, 5.41) is 0. The number of imide groups is 1. The maximum Gasteiger partial charge on any atom is 0.328 e. The first-order valence-electron chi connectivity index (χ1n) is 10.6. The lowest BCUT2D eigenvalue weighted by Gasteiger charge is -2.42. The quantitative estimate of drug-likeness (QED) is 0.689. The highest BCUT2D eigenvalue weighted by Crippen LogP contribution is 2.38. The summed E-state index contributed by atoms with van der Waals surface area (Å²) in [6.45, 7) is 7.36. The van der Waals surface area contributed by atoms with E-state index in [0.29, 0.717) is 25.3 Å². The molecule has 2 saturated heterocycles. The number of pyridine rings is 2. The molecule has 1 spiro atoms. The molecule has 158 valence electrons. The van der Waals surface area contributed by atoms with Crippen molar-refractivity contribution in [3.63, 3.8) is 0 Å². The van der Waals surface area contributed by atoms with Gasteiger partial charge in [0.25, 0.3) is 5.91 Å². The first-order chi connectivity index (χ1) is 14.5. The van der Waals surface area contributed by atoms with Crippen molar-refractivity contribution in [3.8, 4) is 0 Å². The Bertz CT molecular complexity index is 879. The van der Waals surface area contributed by atoms with Crippen LogP contribution >= 0.6 is 0 Å². The molecule has 0 saturated carbocycles. The fourth-order valence-electron chi connectivity index (χ4n) is 4.51. The third kappa shape index (κ3) is 3.94. The minimum absolute atomic E-state index is 0.0696. The topological polar surface area (TPSA) is 69.6 Å². The first-order valence-corrected chi connectivity index (χ1v) is 10.6. The van der Waals surface area contributed by atoms with Crippen molar-refractivity contribution in [2.24, 2.45) is 5.92 Å². The van der Waals surface area contributed by atoms with Gasteiger partial charge in [-0.05, 0) is 42.5 Å². The predicted octanol–water partition coefficient (Wildman–Crippen LogP) is 2.93. The summed E-state index contributed by atoms with van der Waals surface area (Å²) >= 11 is 0. The molecule has 4 heterocycles. The smallest absolute Gasteiger partial charge is 0.309 e. The number of hydrogen-bond acceptors (Lipinski definition) is 5. The van der Waals surface area contributed by atoms with Gasteiger partial charge in [-0.2, -0.15) is 0 Å². The lowest BCUT2D eigenvalue weighted by Crippen LogP contribution is -2.57. The van der Waals surface area contributed by atoms with Crippen molar-refractivity contribution in [1.82, 2.24) is 24.7 Å². The van der Waals surface area contributed by atoms with Crippen LogP contribution in [0.1, 0.15) is 37.9 Å². The molecule has 2 aliphatic rings. The van der Waals surface area contributed by atoms with Gasteiger partial charge in [-0.25, -0.2) is 4.79 Å². The van der Waals surface area contributed by atoms with Gasteiger partial charge in [0.2, 0.25) is 0 Å². The maximum absolute atomic E-state index is 13.6. The van der Waals surface area contributed by atoms with E-state index in [2.05, 4.69) is 34.8 Å². The highest BCUT2D eigenvalue weighted by molar-refractivity contribution is 6.07. The molecule has 2 aromatic rings. The Balaban J connectivity index is 1.52. The lowest BCUT2D eigenvalue weighted by molar-refractivity contribution is -0.136. The van der Waals surface area contributed by atoms with Crippen LogP contribution in [0.15, 0.2) is 48.9 Å². The van der Waals surface area contributed by atoms with Gasteiger partial charge in [0, 0.05) is 44.8 Å². The molecule has 7 nitrogen and oxygen atoms in total. The number of rotatable bonds is 6. The molecular formula is C23H29N5O2. The molecule has 2 fully saturated rings. The summed E-state index contributed by atoms with van der Waals surface area (Å²) in [4.78, 5) is 40.9. The van der Waals surface area contributed by atoms with Crippen molar-refractivity contribution < 1.29 is 9.59 Å². The van der Waals surface area contributed by atoms with Crippen molar-refractivity contribution in [2.75, 3.05) is 19.6 Å². The minimum Gasteiger partial charge on any atom is -0.309 e. The fourth-order valence-corrected chi connectivity index (χ4v) is 4.51. The minimum atomic E-state index is -0.735. The SMILES string of the molecule is CC(C)CN1C(=O)N(Cc2ccccn2)C(=O)C12CCN(Cc1cccnc1)CC2. The Kier molecular flexibility index (Phi) is 5.81. The summed E-state index contributed by atoms with van der Waals surface area (Å²) < 4.78 is 0. The number of piperidine rings is 1. The third-order valence-corrected chi connectivity index (χ3v) is 6.03. The van der Waals surface area contributed by atoms with Crippen LogP contribution < -0.4 is 0 Å². The monoisotopic (exact) mass is 407 g/mol. The zero-order chi connectivity index (χ0) is 21.1. The van der Waals surface area contributed by atoms with Gasteiger partial charge in [0.1, 0.15) is 5.54 Å². The molecule has 0 atom stereocenters. The number of aromatic nitrogens is 2. The highest BCUT2D eigenvalue weighted by atomic mass is 16.2. The standard InChI is InChI=1S/C23H29N5O2/c1-18(2)15-28-22(30)27(17-20-7-3-4-11-25-20)21(29)23(28)8-12-26(13-9-23)16-19-6-5-10-24-14-19/h3-7,10-11,14,18H,8-9,12-13,15-17H2,1-2H3. The molecular weight excluding hydrogens is 378 g/mol. The summed E-state index contributed by atoms with van der Waals surface area (Å²) in [7, 11) is 0. The molecule has 30 heavy (non-hydrogen) atoms. The molecule has 0 aliphatic carbocycles. The van der Waals surface area contributed by atoms with E-state index in [1.165, 1.54) is 4.90 Å². The molecule has 0 unspecified atom stereocenters. The van der Waals surface area contributed by atoms with E-state index >= 15 is 0 Å². The Labute approximate surface area is 177 Å². The number of likely N-dealkylation sites (tertiary alicyclic amines) is 1. The average Bonchev–Trinajstić information content (AvgIpc) is 2.93. The van der Waals surface area contributed by atoms with Crippen molar-refractivity contribution in [2.45, 2.75) is 45.3 Å². The second kappa shape index (κ2) is 8.52. The number of urea groups is 1. The lowest BCUT2D eigenvalue weighted by atomic mass is 9.85. The van der Waals surface area contributed by atoms with E-state index < -0.39 is 5.54 Å². The number of carbonyl (C=O) groups is 2. The normalized spacial score (nSPS) is 19.3. The molecule has 2 aliphatic heterocycles. The predicted molar refractivity (Wildman–Crippen MR) is 113 cm³/mol. The third-order valence-electron chi connectivity index (χ3n) is 6.03. The number of amides is 3. The van der Waals surface area contributed by atoms with Gasteiger partial charge in [-0.15, -0.1) is 0 Å². The van der Waals surface area contributed by atoms with Crippen molar-refractivity contribution in [3.05, 3.63) is 60.2 Å². The number of nitrogens with zero attached hydrogens (tertiary/aromatic N) is 5. The Hall–Kier alpha value is -2.80. The van der Waals surface area contributed by atoms with Gasteiger partial charge < -0.3 is 4.90 Å². The van der Waals surface area contributed by atoms with Crippen LogP contribution in [0.25, 0.3) is 0 Å². The number of carbonyl (C=O) groups excluding carboxylic acids is 2. The molecule has 0 aromatic carbocycles. The van der Waals surface area contributed by atoms with Gasteiger partial charge in [0.05, 0.1) is 12.2 Å². The molecule has 0 bridgehead atoms. The van der Waals surface area contributed by atoms with Crippen LogP contribution in [0.2, 0.25) is 0 Å². The summed E-state index contributed by atoms with van der Waals surface area (Å²) in [6.07, 6.45) is 6.66. The zero-order valence-electron chi connectivity index (χ0n) is 17.7. The van der Waals surface area contributed by atoms with Crippen LogP contribution in [-0.4, -0.2) is 61.8 Å². The van der Waals surface area contributed by atoms with E-state index in [9.17, 15) is 9.59 Å². The van der Waals surface area contributed by atoms with Crippen LogP contribution in [0.4, 0.5) is 4.79 Å². The van der Waals surface area contributed by atoms with Gasteiger partial charge >= 0.3 is 6.03 Å². The highest BCUT2D eigenvalue weighted by Gasteiger charge is 2.57. The van der Waals surface area contributed by atoms with E-state index in [1.807, 2.05) is 35.4 Å². The van der Waals surface area contributed by atoms with Crippen molar-refractivity contribution in [1.29, 1.82) is 0 Å². The second-order valence-corrected chi connectivity index (χ2v) is 8.67. The van der Waals surface area contributed by atoms with Crippen LogP contribution in [0.3, 0.4) is 0 Å². The number of hydrogen-bond donors (Lipinski definition) is 0. The maximum atomic E-state index is 13.6. The zero-order valence-corrected chi connectivity index (χ0v) is 17.7. The molecule has 3 amide bonds. The molecule has 4 rings (SSSR count). The first kappa shape index (κ1) is 20.5. The van der Waals surface area contributed by atoms with E-state index in [-0.39, 0.29) is 18.5 Å². The molecule has 0 radical (unpaired) electrons. The van der Waals surface area contributed by atoms with Gasteiger partial charge in [-0.1, -0.05) is 26.0 Å². The van der Waals surface area contributed by atoms with Crippen LogP contribution in [0.5, 0.6) is 0 Å². The summed E-state index contributed by atoms with van der Waals surface area (Å²) in [5.74, 6) is 0.224. The average molecular weight is 408 g/mol. The fraction of sp³-hybridized carbons (Fsp3) is 0.478. The second-order valence-electron chi connectivity index (χ2n) is 8.67. The van der Waals surface area contributed by atoms with Crippen LogP contribution in [-0.2, 0) is 17.9 Å². The molecule has 2 aromatic heterocycles. The van der Waals surface area contributed by atoms with E-state index in [0.717, 1.165) is 30.9 Å². The Morgan fingerprint density at radius 1 is 1.03 bits per heavy atom. The van der Waals surface area contributed by atoms with E-state index in [1.54, 1.807) is 12.4 Å². The Morgan fingerprint density at radius 3 is 2.47 bits per heavy atom. The van der Waals surface area contributed by atoms with E-state index in [4.69, 9.17) is 0 Å². The molecule has 7 heteroatoms. The Morgan fingerprint density at radius 2 is 1.83 bits per heavy atom. The van der Waals surface area contributed by atoms with Gasteiger partial charge in [0.15, 0.2) is 0 Å². The largest absolute Gasteiger partial charge is 0.328 e. The summed E-state index contributed by atoms with van der Waals surface area (Å²) in [6, 6.07) is 9.41. The summed E-state index contributed by atoms with van der Waals surface area (Å²) in [5.41, 5.74) is 1.16.